The molecule has 9 nitrogen and oxygen atoms in total. The van der Waals surface area contributed by atoms with Crippen molar-refractivity contribution in [2.24, 2.45) is 11.8 Å². The first-order valence-electron chi connectivity index (χ1n) is 13.0. The molecule has 4 rings (SSSR count). The summed E-state index contributed by atoms with van der Waals surface area (Å²) in [4.78, 5) is 26.9. The number of anilines is 2. The van der Waals surface area contributed by atoms with Crippen molar-refractivity contribution in [2.75, 3.05) is 36.5 Å². The van der Waals surface area contributed by atoms with E-state index in [2.05, 4.69) is 32.1 Å². The summed E-state index contributed by atoms with van der Waals surface area (Å²) in [7, 11) is 0. The van der Waals surface area contributed by atoms with E-state index in [0.29, 0.717) is 55.3 Å². The number of aromatic nitrogens is 3. The third kappa shape index (κ3) is 7.77. The monoisotopic (exact) mass is 523 g/mol. The van der Waals surface area contributed by atoms with Gasteiger partial charge >= 0.3 is 12.0 Å². The SMILES string of the molecule is CCC(Cc1ccc(OCCNc2nc(Oc3ccc(F)cc3)nc(N3CCC(C)CC3)n2)cc1)C(=O)O. The number of carbonyl (C=O) groups is 1. The zero-order valence-electron chi connectivity index (χ0n) is 21.8. The van der Waals surface area contributed by atoms with Crippen LogP contribution in [0.5, 0.6) is 17.5 Å². The number of piperidine rings is 1. The van der Waals surface area contributed by atoms with Gasteiger partial charge in [-0.05, 0) is 73.6 Å². The van der Waals surface area contributed by atoms with Crippen molar-refractivity contribution < 1.29 is 23.8 Å². The highest BCUT2D eigenvalue weighted by atomic mass is 19.1. The Balaban J connectivity index is 1.36. The minimum Gasteiger partial charge on any atom is -0.492 e. The molecule has 38 heavy (non-hydrogen) atoms. The highest BCUT2D eigenvalue weighted by Crippen LogP contribution is 2.25. The molecule has 1 aromatic heterocycles. The molecule has 0 radical (unpaired) electrons. The van der Waals surface area contributed by atoms with Crippen molar-refractivity contribution in [3.8, 4) is 17.5 Å². The van der Waals surface area contributed by atoms with E-state index in [0.717, 1.165) is 31.5 Å². The van der Waals surface area contributed by atoms with Crippen LogP contribution < -0.4 is 19.7 Å². The van der Waals surface area contributed by atoms with Gasteiger partial charge in [0, 0.05) is 13.1 Å². The number of nitrogens with zero attached hydrogens (tertiary/aromatic N) is 4. The van der Waals surface area contributed by atoms with Crippen molar-refractivity contribution >= 4 is 17.9 Å². The van der Waals surface area contributed by atoms with Crippen LogP contribution in [0.4, 0.5) is 16.3 Å². The number of rotatable bonds is 12. The van der Waals surface area contributed by atoms with E-state index in [9.17, 15) is 14.3 Å². The van der Waals surface area contributed by atoms with Crippen molar-refractivity contribution in [1.82, 2.24) is 15.0 Å². The normalized spacial score (nSPS) is 14.7. The number of hydrogen-bond donors (Lipinski definition) is 2. The standard InChI is InChI=1S/C28H34FN5O4/c1-3-21(25(35)36)18-20-4-8-23(9-5-20)37-17-14-30-26-31-27(34-15-12-19(2)13-16-34)33-28(32-26)38-24-10-6-22(29)7-11-24/h4-11,19,21H,3,12-18H2,1-2H3,(H,35,36)(H,30,31,32,33). The van der Waals surface area contributed by atoms with Crippen LogP contribution in [0, 0.1) is 17.7 Å². The first kappa shape index (κ1) is 27.1. The second-order valence-electron chi connectivity index (χ2n) is 9.53. The molecule has 1 aliphatic heterocycles. The van der Waals surface area contributed by atoms with E-state index >= 15 is 0 Å². The van der Waals surface area contributed by atoms with E-state index in [1.54, 1.807) is 0 Å². The Morgan fingerprint density at radius 2 is 1.76 bits per heavy atom. The molecule has 0 spiro atoms. The number of benzene rings is 2. The molecule has 3 aromatic rings. The predicted octanol–water partition coefficient (Wildman–Crippen LogP) is 5.18. The molecule has 2 heterocycles. The Labute approximate surface area is 222 Å². The fourth-order valence-electron chi connectivity index (χ4n) is 4.17. The van der Waals surface area contributed by atoms with Gasteiger partial charge in [-0.25, -0.2) is 4.39 Å². The molecule has 10 heteroatoms. The summed E-state index contributed by atoms with van der Waals surface area (Å²) in [6, 6.07) is 13.3. The fraction of sp³-hybridized carbons (Fsp3) is 0.429. The van der Waals surface area contributed by atoms with E-state index in [1.807, 2.05) is 31.2 Å². The van der Waals surface area contributed by atoms with Crippen molar-refractivity contribution in [2.45, 2.75) is 39.5 Å². The summed E-state index contributed by atoms with van der Waals surface area (Å²) in [5.74, 6) is 1.18. The van der Waals surface area contributed by atoms with Crippen LogP contribution in [-0.2, 0) is 11.2 Å². The molecule has 202 valence electrons. The predicted molar refractivity (Wildman–Crippen MR) is 142 cm³/mol. The summed E-state index contributed by atoms with van der Waals surface area (Å²) >= 11 is 0. The Morgan fingerprint density at radius 1 is 1.08 bits per heavy atom. The van der Waals surface area contributed by atoms with Gasteiger partial charge in [0.05, 0.1) is 12.5 Å². The minimum atomic E-state index is -0.776. The topological polar surface area (TPSA) is 110 Å². The minimum absolute atomic E-state index is 0.131. The lowest BCUT2D eigenvalue weighted by Gasteiger charge is -2.30. The molecular weight excluding hydrogens is 489 g/mol. The van der Waals surface area contributed by atoms with Gasteiger partial charge in [-0.3, -0.25) is 4.79 Å². The molecule has 0 bridgehead atoms. The van der Waals surface area contributed by atoms with Gasteiger partial charge in [0.15, 0.2) is 0 Å². The summed E-state index contributed by atoms with van der Waals surface area (Å²) in [5.41, 5.74) is 0.961. The molecule has 1 fully saturated rings. The average Bonchev–Trinajstić information content (AvgIpc) is 2.92. The largest absolute Gasteiger partial charge is 0.492 e. The van der Waals surface area contributed by atoms with Gasteiger partial charge in [-0.1, -0.05) is 26.0 Å². The molecular formula is C28H34FN5O4. The van der Waals surface area contributed by atoms with Crippen molar-refractivity contribution in [3.63, 3.8) is 0 Å². The summed E-state index contributed by atoms with van der Waals surface area (Å²) in [5, 5.41) is 12.4. The average molecular weight is 524 g/mol. The third-order valence-corrected chi connectivity index (χ3v) is 6.59. The van der Waals surface area contributed by atoms with Crippen LogP contribution in [0.25, 0.3) is 0 Å². The molecule has 0 aliphatic carbocycles. The van der Waals surface area contributed by atoms with Crippen LogP contribution in [0.15, 0.2) is 48.5 Å². The highest BCUT2D eigenvalue weighted by Gasteiger charge is 2.20. The number of hydrogen-bond acceptors (Lipinski definition) is 8. The van der Waals surface area contributed by atoms with Crippen LogP contribution in [-0.4, -0.2) is 52.3 Å². The smallest absolute Gasteiger partial charge is 0.328 e. The maximum absolute atomic E-state index is 13.3. The number of halogens is 1. The second kappa shape index (κ2) is 13.0. The molecule has 1 saturated heterocycles. The maximum Gasteiger partial charge on any atom is 0.328 e. The third-order valence-electron chi connectivity index (χ3n) is 6.59. The van der Waals surface area contributed by atoms with Gasteiger partial charge in [-0.2, -0.15) is 15.0 Å². The van der Waals surface area contributed by atoms with Crippen molar-refractivity contribution in [3.05, 3.63) is 59.9 Å². The summed E-state index contributed by atoms with van der Waals surface area (Å²) in [6.07, 6.45) is 3.20. The fourth-order valence-corrected chi connectivity index (χ4v) is 4.17. The van der Waals surface area contributed by atoms with E-state index in [1.165, 1.54) is 24.3 Å². The van der Waals surface area contributed by atoms with Crippen LogP contribution >= 0.6 is 0 Å². The Morgan fingerprint density at radius 3 is 2.42 bits per heavy atom. The molecule has 0 saturated carbocycles. The quantitative estimate of drug-likeness (QED) is 0.310. The molecule has 2 aromatic carbocycles. The molecule has 0 amide bonds. The summed E-state index contributed by atoms with van der Waals surface area (Å²) in [6.45, 7) is 6.63. The lowest BCUT2D eigenvalue weighted by Crippen LogP contribution is -2.34. The number of carboxylic acid groups (broad SMARTS) is 1. The number of nitrogens with one attached hydrogen (secondary N) is 1. The van der Waals surface area contributed by atoms with Gasteiger partial charge in [0.1, 0.15) is 23.9 Å². The van der Waals surface area contributed by atoms with E-state index in [4.69, 9.17) is 9.47 Å². The zero-order chi connectivity index (χ0) is 26.9. The lowest BCUT2D eigenvalue weighted by molar-refractivity contribution is -0.141. The van der Waals surface area contributed by atoms with E-state index < -0.39 is 5.97 Å². The number of aliphatic carboxylic acids is 1. The van der Waals surface area contributed by atoms with Gasteiger partial charge in [0.2, 0.25) is 11.9 Å². The van der Waals surface area contributed by atoms with Gasteiger partial charge < -0.3 is 24.8 Å². The van der Waals surface area contributed by atoms with E-state index in [-0.39, 0.29) is 17.7 Å². The zero-order valence-corrected chi connectivity index (χ0v) is 21.8. The highest BCUT2D eigenvalue weighted by molar-refractivity contribution is 5.70. The molecule has 1 unspecified atom stereocenters. The van der Waals surface area contributed by atoms with Crippen molar-refractivity contribution in [1.29, 1.82) is 0 Å². The van der Waals surface area contributed by atoms with Gasteiger partial charge in [-0.15, -0.1) is 0 Å². The lowest BCUT2D eigenvalue weighted by atomic mass is 9.97. The number of ether oxygens (including phenoxy) is 2. The number of carboxylic acids is 1. The Bertz CT molecular complexity index is 1180. The first-order chi connectivity index (χ1) is 18.4. The summed E-state index contributed by atoms with van der Waals surface area (Å²) < 4.78 is 24.9. The van der Waals surface area contributed by atoms with Crippen LogP contribution in [0.1, 0.15) is 38.7 Å². The van der Waals surface area contributed by atoms with Gasteiger partial charge in [0.25, 0.3) is 0 Å². The van der Waals surface area contributed by atoms with Crippen LogP contribution in [0.2, 0.25) is 0 Å². The molecule has 1 atom stereocenters. The Hall–Kier alpha value is -3.95. The second-order valence-corrected chi connectivity index (χ2v) is 9.53. The van der Waals surface area contributed by atoms with Crippen LogP contribution in [0.3, 0.4) is 0 Å². The molecule has 1 aliphatic rings. The molecule has 2 N–H and O–H groups in total. The maximum atomic E-state index is 13.3. The Kier molecular flexibility index (Phi) is 9.29. The first-order valence-corrected chi connectivity index (χ1v) is 13.0.